The summed E-state index contributed by atoms with van der Waals surface area (Å²) in [5.41, 5.74) is 5.65. The van der Waals surface area contributed by atoms with E-state index in [4.69, 9.17) is 15.2 Å². The third-order valence-electron chi connectivity index (χ3n) is 2.97. The Kier molecular flexibility index (Phi) is 5.18. The molecule has 5 heteroatoms. The molecule has 1 rings (SSSR count). The van der Waals surface area contributed by atoms with Gasteiger partial charge in [-0.05, 0) is 32.4 Å². The quantitative estimate of drug-likeness (QED) is 0.827. The third-order valence-corrected chi connectivity index (χ3v) is 2.97. The Bertz CT molecular complexity index is 444. The summed E-state index contributed by atoms with van der Waals surface area (Å²) >= 11 is 0. The van der Waals surface area contributed by atoms with Gasteiger partial charge in [0, 0.05) is 11.8 Å². The molecule has 1 aromatic carbocycles. The molecule has 0 saturated heterocycles. The zero-order valence-electron chi connectivity index (χ0n) is 11.9. The number of benzene rings is 1. The number of nitrogens with two attached hydrogens (primary N) is 1. The number of hydrogen-bond acceptors (Lipinski definition) is 4. The predicted octanol–water partition coefficient (Wildman–Crippen LogP) is 2.16. The zero-order chi connectivity index (χ0) is 14.5. The molecule has 1 unspecified atom stereocenters. The molecule has 0 aliphatic heterocycles. The van der Waals surface area contributed by atoms with Gasteiger partial charge in [-0.2, -0.15) is 0 Å². The minimum absolute atomic E-state index is 0.220. The molecular weight excluding hydrogens is 244 g/mol. The number of nitrogens with one attached hydrogen (secondary N) is 1. The summed E-state index contributed by atoms with van der Waals surface area (Å²) in [7, 11) is 1.57. The summed E-state index contributed by atoms with van der Waals surface area (Å²) in [6.45, 7) is 5.99. The predicted molar refractivity (Wildman–Crippen MR) is 75.7 cm³/mol. The van der Waals surface area contributed by atoms with Crippen LogP contribution in [0.3, 0.4) is 0 Å². The van der Waals surface area contributed by atoms with Crippen LogP contribution in [0.15, 0.2) is 18.2 Å². The van der Waals surface area contributed by atoms with Crippen LogP contribution in [0.25, 0.3) is 0 Å². The molecule has 0 spiro atoms. The fourth-order valence-corrected chi connectivity index (χ4v) is 1.46. The average Bonchev–Trinajstić information content (AvgIpc) is 2.39. The number of carbonyl (C=O) groups is 1. The normalized spacial score (nSPS) is 13.5. The van der Waals surface area contributed by atoms with E-state index in [-0.39, 0.29) is 5.91 Å². The first-order valence-corrected chi connectivity index (χ1v) is 6.35. The van der Waals surface area contributed by atoms with E-state index in [1.165, 1.54) is 0 Å². The van der Waals surface area contributed by atoms with Crippen molar-refractivity contribution in [3.63, 3.8) is 0 Å². The van der Waals surface area contributed by atoms with Gasteiger partial charge >= 0.3 is 0 Å². The van der Waals surface area contributed by atoms with E-state index in [1.807, 2.05) is 13.8 Å². The first kappa shape index (κ1) is 15.3. The minimum Gasteiger partial charge on any atom is -0.493 e. The van der Waals surface area contributed by atoms with Crippen LogP contribution in [-0.4, -0.2) is 25.2 Å². The van der Waals surface area contributed by atoms with E-state index < -0.39 is 5.54 Å². The molecule has 0 aliphatic rings. The van der Waals surface area contributed by atoms with Crippen LogP contribution in [0.2, 0.25) is 0 Å². The summed E-state index contributed by atoms with van der Waals surface area (Å²) in [5.74, 6) is 1.01. The molecule has 106 valence electrons. The highest BCUT2D eigenvalue weighted by Crippen LogP contribution is 2.30. The lowest BCUT2D eigenvalue weighted by Crippen LogP contribution is -2.47. The fourth-order valence-electron chi connectivity index (χ4n) is 1.46. The molecule has 0 saturated carbocycles. The van der Waals surface area contributed by atoms with Crippen molar-refractivity contribution in [3.8, 4) is 11.5 Å². The second kappa shape index (κ2) is 6.43. The Morgan fingerprint density at radius 2 is 2.05 bits per heavy atom. The molecule has 0 radical (unpaired) electrons. The first-order valence-electron chi connectivity index (χ1n) is 6.35. The van der Waals surface area contributed by atoms with Crippen molar-refractivity contribution >= 4 is 11.6 Å². The maximum atomic E-state index is 12.0. The fraction of sp³-hybridized carbons (Fsp3) is 0.500. The highest BCUT2D eigenvalue weighted by Gasteiger charge is 2.26. The van der Waals surface area contributed by atoms with Crippen molar-refractivity contribution in [3.05, 3.63) is 18.2 Å². The van der Waals surface area contributed by atoms with Gasteiger partial charge in [-0.3, -0.25) is 4.79 Å². The SMILES string of the molecule is CCOc1cc(NC(=O)C(C)(N)CC)ccc1OC. The topological polar surface area (TPSA) is 73.6 Å². The lowest BCUT2D eigenvalue weighted by Gasteiger charge is -2.22. The van der Waals surface area contributed by atoms with Gasteiger partial charge in [0.2, 0.25) is 5.91 Å². The average molecular weight is 266 g/mol. The molecule has 0 bridgehead atoms. The van der Waals surface area contributed by atoms with Crippen molar-refractivity contribution < 1.29 is 14.3 Å². The second-order valence-electron chi connectivity index (χ2n) is 4.52. The van der Waals surface area contributed by atoms with Gasteiger partial charge in [0.15, 0.2) is 11.5 Å². The molecule has 1 atom stereocenters. The second-order valence-corrected chi connectivity index (χ2v) is 4.52. The van der Waals surface area contributed by atoms with Crippen LogP contribution in [0, 0.1) is 0 Å². The lowest BCUT2D eigenvalue weighted by molar-refractivity contribution is -0.120. The molecule has 5 nitrogen and oxygen atoms in total. The Labute approximate surface area is 114 Å². The third kappa shape index (κ3) is 3.86. The Hall–Kier alpha value is -1.75. The summed E-state index contributed by atoms with van der Waals surface area (Å²) in [6.07, 6.45) is 0.563. The van der Waals surface area contributed by atoms with Gasteiger partial charge in [0.05, 0.1) is 19.3 Å². The smallest absolute Gasteiger partial charge is 0.244 e. The molecule has 0 aliphatic carbocycles. The molecule has 19 heavy (non-hydrogen) atoms. The van der Waals surface area contributed by atoms with Crippen LogP contribution in [-0.2, 0) is 4.79 Å². The van der Waals surface area contributed by atoms with E-state index in [0.717, 1.165) is 0 Å². The van der Waals surface area contributed by atoms with Gasteiger partial charge in [0.25, 0.3) is 0 Å². The summed E-state index contributed by atoms with van der Waals surface area (Å²) < 4.78 is 10.6. The molecule has 3 N–H and O–H groups in total. The van der Waals surface area contributed by atoms with E-state index in [1.54, 1.807) is 32.2 Å². The van der Waals surface area contributed by atoms with Crippen LogP contribution in [0.4, 0.5) is 5.69 Å². The first-order chi connectivity index (χ1) is 8.94. The van der Waals surface area contributed by atoms with Gasteiger partial charge < -0.3 is 20.5 Å². The van der Waals surface area contributed by atoms with Crippen LogP contribution in [0.5, 0.6) is 11.5 Å². The molecule has 1 aromatic rings. The minimum atomic E-state index is -0.883. The van der Waals surface area contributed by atoms with Crippen molar-refractivity contribution in [1.82, 2.24) is 0 Å². The molecule has 0 fully saturated rings. The Morgan fingerprint density at radius 1 is 1.37 bits per heavy atom. The van der Waals surface area contributed by atoms with Crippen molar-refractivity contribution in [2.24, 2.45) is 5.73 Å². The van der Waals surface area contributed by atoms with Crippen LogP contribution in [0.1, 0.15) is 27.2 Å². The summed E-state index contributed by atoms with van der Waals surface area (Å²) in [5, 5.41) is 2.78. The summed E-state index contributed by atoms with van der Waals surface area (Å²) in [6, 6.07) is 5.23. The molecular formula is C14H22N2O3. The standard InChI is InChI=1S/C14H22N2O3/c1-5-14(3,15)13(17)16-10-7-8-11(18-4)12(9-10)19-6-2/h7-9H,5-6,15H2,1-4H3,(H,16,17). The molecule has 1 amide bonds. The van der Waals surface area contributed by atoms with Crippen LogP contribution < -0.4 is 20.5 Å². The zero-order valence-corrected chi connectivity index (χ0v) is 11.9. The number of rotatable bonds is 6. The van der Waals surface area contributed by atoms with E-state index in [9.17, 15) is 4.79 Å². The number of anilines is 1. The van der Waals surface area contributed by atoms with Crippen LogP contribution >= 0.6 is 0 Å². The maximum Gasteiger partial charge on any atom is 0.244 e. The maximum absolute atomic E-state index is 12.0. The number of carbonyl (C=O) groups excluding carboxylic acids is 1. The number of methoxy groups -OCH3 is 1. The van der Waals surface area contributed by atoms with Gasteiger partial charge in [-0.25, -0.2) is 0 Å². The van der Waals surface area contributed by atoms with Gasteiger partial charge in [0.1, 0.15) is 0 Å². The highest BCUT2D eigenvalue weighted by atomic mass is 16.5. The van der Waals surface area contributed by atoms with Crippen molar-refractivity contribution in [1.29, 1.82) is 0 Å². The van der Waals surface area contributed by atoms with E-state index in [2.05, 4.69) is 5.32 Å². The summed E-state index contributed by atoms with van der Waals surface area (Å²) in [4.78, 5) is 12.0. The van der Waals surface area contributed by atoms with Gasteiger partial charge in [-0.1, -0.05) is 6.92 Å². The number of hydrogen-bond donors (Lipinski definition) is 2. The highest BCUT2D eigenvalue weighted by molar-refractivity contribution is 5.97. The molecule has 0 aromatic heterocycles. The lowest BCUT2D eigenvalue weighted by atomic mass is 9.99. The number of amides is 1. The molecule has 0 heterocycles. The van der Waals surface area contributed by atoms with Crippen molar-refractivity contribution in [2.45, 2.75) is 32.7 Å². The van der Waals surface area contributed by atoms with Gasteiger partial charge in [-0.15, -0.1) is 0 Å². The number of ether oxygens (including phenoxy) is 2. The largest absolute Gasteiger partial charge is 0.493 e. The Balaban J connectivity index is 2.91. The Morgan fingerprint density at radius 3 is 2.58 bits per heavy atom. The van der Waals surface area contributed by atoms with Crippen molar-refractivity contribution in [2.75, 3.05) is 19.0 Å². The van der Waals surface area contributed by atoms with E-state index in [0.29, 0.717) is 30.2 Å². The monoisotopic (exact) mass is 266 g/mol. The van der Waals surface area contributed by atoms with E-state index >= 15 is 0 Å².